The van der Waals surface area contributed by atoms with Gasteiger partial charge in [0.25, 0.3) is 23.4 Å². The minimum absolute atomic E-state index is 0.0258. The average molecular weight is 1240 g/mol. The second kappa shape index (κ2) is 25.9. The Morgan fingerprint density at radius 2 is 1.16 bits per heavy atom. The Balaban J connectivity index is 0.876. The summed E-state index contributed by atoms with van der Waals surface area (Å²) in [5.74, 6) is -3.87. The molecule has 2 aliphatic heterocycles. The molecule has 89 heavy (non-hydrogen) atoms. The van der Waals surface area contributed by atoms with Crippen molar-refractivity contribution in [3.05, 3.63) is 291 Å². The van der Waals surface area contributed by atoms with Crippen LogP contribution in [-0.2, 0) is 38.8 Å². The zero-order valence-electron chi connectivity index (χ0n) is 48.7. The number of fused-ring (bicyclic) bond motifs is 2. The molecule has 0 spiro atoms. The summed E-state index contributed by atoms with van der Waals surface area (Å²) >= 11 is 3.88. The van der Waals surface area contributed by atoms with Gasteiger partial charge in [-0.1, -0.05) is 229 Å². The lowest BCUT2D eigenvalue weighted by atomic mass is 9.70. The summed E-state index contributed by atoms with van der Waals surface area (Å²) in [7, 11) is 1.45. The molecule has 2 aliphatic rings. The van der Waals surface area contributed by atoms with E-state index in [2.05, 4.69) is 25.5 Å². The number of β-lactam (4-membered cyclic amide) rings is 1. The molecule has 3 aromatic heterocycles. The van der Waals surface area contributed by atoms with Gasteiger partial charge in [-0.15, -0.1) is 28.6 Å². The van der Waals surface area contributed by atoms with Crippen LogP contribution in [0.2, 0.25) is 0 Å². The number of aryl methyl sites for hydroxylation is 1. The molecule has 0 saturated carbocycles. The molecule has 0 unspecified atom stereocenters. The molecule has 0 aliphatic carbocycles. The summed E-state index contributed by atoms with van der Waals surface area (Å²) in [5.41, 5.74) is 12.5. The first-order valence-corrected chi connectivity index (χ1v) is 31.4. The molecule has 2 atom stereocenters. The van der Waals surface area contributed by atoms with Gasteiger partial charge in [0.2, 0.25) is 5.79 Å². The van der Waals surface area contributed by atoms with Gasteiger partial charge in [-0.05, 0) is 57.5 Å². The predicted molar refractivity (Wildman–Crippen MR) is 343 cm³/mol. The number of thioether (sulfide) groups is 2. The van der Waals surface area contributed by atoms with Crippen LogP contribution in [0.4, 0.5) is 5.00 Å². The predicted octanol–water partition coefficient (Wildman–Crippen LogP) is 11.7. The number of nitrogens with two attached hydrogens (primary N) is 1. The molecule has 1 fully saturated rings. The van der Waals surface area contributed by atoms with Crippen molar-refractivity contribution in [3.8, 4) is 0 Å². The Morgan fingerprint density at radius 3 is 1.64 bits per heavy atom. The standard InChI is InChI=1S/C69H59N9O8S3/c1-43-40-52(78-67(71-43)74-60(75-78)65(82)85-58(46-30-16-7-17-31-46)47-32-18-8-19-33-47)87-41-48-42-88-63-55(62(80)77(63)56(48)64(81)84-57(44-26-12-5-13-27-44)45-28-14-6-15-29-45)72-61(79)54(76-86-68(2,3)83-4)53-59(70)89-66(73-53)69(49-34-20-9-21-35-49,50-36-22-10-23-37-50)51-38-24-11-25-39-51/h5-40,55,57-58,63H,41-42,70H2,1-4H3,(H,72,79)/b76-54-/t55-,63-/m1/s1. The Morgan fingerprint density at radius 1 is 0.685 bits per heavy atom. The second-order valence-electron chi connectivity index (χ2n) is 21.4. The number of carbonyl (C=O) groups is 4. The van der Waals surface area contributed by atoms with Gasteiger partial charge in [-0.3, -0.25) is 14.5 Å². The average Bonchev–Trinajstić information content (AvgIpc) is 1.79. The Labute approximate surface area is 526 Å². The second-order valence-corrected chi connectivity index (χ2v) is 24.5. The number of aromatic nitrogens is 5. The van der Waals surface area contributed by atoms with Crippen LogP contribution >= 0.6 is 34.9 Å². The molecule has 7 aromatic carbocycles. The summed E-state index contributed by atoms with van der Waals surface area (Å²) in [6, 6.07) is 68.0. The number of oxime groups is 1. The van der Waals surface area contributed by atoms with Crippen molar-refractivity contribution in [2.24, 2.45) is 5.16 Å². The summed E-state index contributed by atoms with van der Waals surface area (Å²) in [5, 5.41) is 12.5. The van der Waals surface area contributed by atoms with Gasteiger partial charge in [0.05, 0.1) is 5.41 Å². The quantitative estimate of drug-likeness (QED) is 0.0100. The van der Waals surface area contributed by atoms with E-state index in [1.54, 1.807) is 26.8 Å². The highest BCUT2D eigenvalue weighted by molar-refractivity contribution is 8.01. The molecule has 2 amide bonds. The number of benzene rings is 7. The number of amides is 2. The molecule has 446 valence electrons. The van der Waals surface area contributed by atoms with Crippen LogP contribution in [0.3, 0.4) is 0 Å². The van der Waals surface area contributed by atoms with Gasteiger partial charge in [0.15, 0.2) is 17.9 Å². The number of nitrogens with one attached hydrogen (secondary N) is 1. The third-order valence-electron chi connectivity index (χ3n) is 15.3. The summed E-state index contributed by atoms with van der Waals surface area (Å²) in [4.78, 5) is 81.2. The maximum atomic E-state index is 15.3. The van der Waals surface area contributed by atoms with E-state index < -0.39 is 58.6 Å². The number of nitrogens with zero attached hydrogens (tertiary/aromatic N) is 7. The lowest BCUT2D eigenvalue weighted by Gasteiger charge is -2.49. The van der Waals surface area contributed by atoms with Gasteiger partial charge in [0, 0.05) is 38.2 Å². The SMILES string of the molecule is COC(C)(C)O/N=C(\C(=O)N[C@@H]1C(=O)N2C(C(=O)OC(c3ccccc3)c3ccccc3)=C(CSc3cc(C)nc4nc(C(=O)OC(c5ccccc5)c5ccccc5)nn34)CS[C@H]12)c1nc(C(c2ccccc2)(c2ccccc2)c2ccccc2)sc1N. The number of ether oxygens (including phenoxy) is 3. The third kappa shape index (κ3) is 12.2. The smallest absolute Gasteiger partial charge is 0.379 e. The molecule has 1 saturated heterocycles. The topological polar surface area (TPSA) is 215 Å². The van der Waals surface area contributed by atoms with Gasteiger partial charge in [-0.25, -0.2) is 19.6 Å². The van der Waals surface area contributed by atoms with Crippen molar-refractivity contribution in [1.29, 1.82) is 0 Å². The van der Waals surface area contributed by atoms with Crippen LogP contribution in [0.1, 0.15) is 92.0 Å². The van der Waals surface area contributed by atoms with E-state index in [4.69, 9.17) is 29.8 Å². The lowest BCUT2D eigenvalue weighted by Crippen LogP contribution is -2.71. The maximum Gasteiger partial charge on any atom is 0.379 e. The number of hydrogen-bond acceptors (Lipinski definition) is 17. The number of anilines is 1. The molecule has 12 rings (SSSR count). The molecule has 17 nitrogen and oxygen atoms in total. The fourth-order valence-corrected chi connectivity index (χ4v) is 14.4. The fraction of sp³-hybridized carbons (Fsp3) is 0.174. The lowest BCUT2D eigenvalue weighted by molar-refractivity contribution is -0.197. The Kier molecular flexibility index (Phi) is 17.4. The van der Waals surface area contributed by atoms with Crippen molar-refractivity contribution in [2.75, 3.05) is 24.3 Å². The highest BCUT2D eigenvalue weighted by Crippen LogP contribution is 2.48. The van der Waals surface area contributed by atoms with E-state index in [0.29, 0.717) is 32.4 Å². The Hall–Kier alpha value is -9.73. The minimum Gasteiger partial charge on any atom is -0.448 e. The van der Waals surface area contributed by atoms with Gasteiger partial charge >= 0.3 is 11.9 Å². The molecular weight excluding hydrogens is 1180 g/mol. The van der Waals surface area contributed by atoms with Crippen molar-refractivity contribution in [1.82, 2.24) is 34.8 Å². The normalized spacial score (nSPS) is 15.2. The van der Waals surface area contributed by atoms with Gasteiger partial charge in [0.1, 0.15) is 37.8 Å². The molecule has 0 bridgehead atoms. The van der Waals surface area contributed by atoms with E-state index in [-0.39, 0.29) is 45.2 Å². The summed E-state index contributed by atoms with van der Waals surface area (Å²) in [6.45, 7) is 5.07. The maximum absolute atomic E-state index is 15.3. The van der Waals surface area contributed by atoms with Crippen molar-refractivity contribution in [3.63, 3.8) is 0 Å². The van der Waals surface area contributed by atoms with E-state index in [1.807, 2.05) is 212 Å². The summed E-state index contributed by atoms with van der Waals surface area (Å²) in [6.07, 6.45) is -1.61. The zero-order valence-corrected chi connectivity index (χ0v) is 51.2. The first-order chi connectivity index (χ1) is 43.3. The van der Waals surface area contributed by atoms with Crippen LogP contribution < -0.4 is 11.1 Å². The number of methoxy groups -OCH3 is 1. The van der Waals surface area contributed by atoms with Crippen LogP contribution in [0.5, 0.6) is 0 Å². The largest absolute Gasteiger partial charge is 0.448 e. The third-order valence-corrected chi connectivity index (χ3v) is 18.7. The van der Waals surface area contributed by atoms with Crippen molar-refractivity contribution < 1.29 is 38.2 Å². The number of thiazole rings is 1. The van der Waals surface area contributed by atoms with Crippen molar-refractivity contribution >= 4 is 75.1 Å². The monoisotopic (exact) mass is 1240 g/mol. The number of hydrogen-bond donors (Lipinski definition) is 2. The fourth-order valence-electron chi connectivity index (χ4n) is 10.8. The highest BCUT2D eigenvalue weighted by atomic mass is 32.2. The number of rotatable bonds is 21. The van der Waals surface area contributed by atoms with Gasteiger partial charge in [-0.2, -0.15) is 9.50 Å². The van der Waals surface area contributed by atoms with Crippen LogP contribution in [0.15, 0.2) is 240 Å². The van der Waals surface area contributed by atoms with Crippen LogP contribution in [0.25, 0.3) is 5.78 Å². The zero-order chi connectivity index (χ0) is 61.7. The molecular formula is C69H59N9O8S3. The van der Waals surface area contributed by atoms with E-state index in [0.717, 1.165) is 27.8 Å². The molecule has 3 N–H and O–H groups in total. The van der Waals surface area contributed by atoms with Crippen LogP contribution in [-0.4, -0.2) is 94.7 Å². The highest BCUT2D eigenvalue weighted by Gasteiger charge is 2.55. The van der Waals surface area contributed by atoms with Crippen molar-refractivity contribution in [2.45, 2.75) is 60.6 Å². The first-order valence-electron chi connectivity index (χ1n) is 28.5. The van der Waals surface area contributed by atoms with Gasteiger partial charge < -0.3 is 30.1 Å². The van der Waals surface area contributed by atoms with E-state index in [1.165, 1.54) is 51.4 Å². The minimum atomic E-state index is -1.31. The first kappa shape index (κ1) is 59.6. The molecule has 0 radical (unpaired) electrons. The number of carbonyl (C=O) groups excluding carboxylic acids is 4. The van der Waals surface area contributed by atoms with E-state index in [9.17, 15) is 4.79 Å². The van der Waals surface area contributed by atoms with E-state index >= 15 is 14.4 Å². The number of esters is 2. The van der Waals surface area contributed by atoms with Crippen LogP contribution in [0, 0.1) is 6.92 Å². The molecule has 20 heteroatoms. The Bertz CT molecular complexity index is 4080. The summed E-state index contributed by atoms with van der Waals surface area (Å²) < 4.78 is 19.7. The molecule has 5 heterocycles. The number of nitrogen functional groups attached to an aromatic ring is 1. The molecule has 10 aromatic rings.